The number of sulfone groups is 1. The van der Waals surface area contributed by atoms with Crippen LogP contribution in [-0.2, 0) is 14.6 Å². The van der Waals surface area contributed by atoms with E-state index >= 15 is 0 Å². The molecule has 1 aliphatic carbocycles. The molecule has 0 aromatic heterocycles. The summed E-state index contributed by atoms with van der Waals surface area (Å²) in [6, 6.07) is 6.19. The summed E-state index contributed by atoms with van der Waals surface area (Å²) in [5, 5.41) is 1.06. The maximum absolute atomic E-state index is 12.3. The average Bonchev–Trinajstić information content (AvgIpc) is 3.51. The number of amides is 2. The predicted octanol–water partition coefficient (Wildman–Crippen LogP) is 0.485. The summed E-state index contributed by atoms with van der Waals surface area (Å²) in [6.07, 6.45) is 2.46. The molecule has 0 atom stereocenters. The first kappa shape index (κ1) is 18.7. The van der Waals surface area contributed by atoms with Crippen molar-refractivity contribution >= 4 is 21.0 Å². The molecule has 0 radical (unpaired) electrons. The highest BCUT2D eigenvalue weighted by Gasteiger charge is 2.32. The van der Waals surface area contributed by atoms with Crippen molar-refractivity contribution in [2.75, 3.05) is 39.8 Å². The Morgan fingerprint density at radius 1 is 1.12 bits per heavy atom. The maximum atomic E-state index is 12.3. The van der Waals surface area contributed by atoms with Crippen LogP contribution in [0.2, 0.25) is 0 Å². The average molecular weight is 381 g/mol. The van der Waals surface area contributed by atoms with Crippen LogP contribution in [-0.4, -0.2) is 75.2 Å². The lowest BCUT2D eigenvalue weighted by atomic mass is 10.3. The van der Waals surface area contributed by atoms with Crippen LogP contribution in [0.5, 0.6) is 5.75 Å². The second-order valence-corrected chi connectivity index (χ2v) is 8.32. The van der Waals surface area contributed by atoms with Crippen molar-refractivity contribution in [3.8, 4) is 5.75 Å². The van der Waals surface area contributed by atoms with Crippen LogP contribution in [0.1, 0.15) is 12.8 Å². The molecule has 0 unspecified atom stereocenters. The zero-order chi connectivity index (χ0) is 18.7. The zero-order valence-electron chi connectivity index (χ0n) is 14.7. The number of nitrogens with zero attached hydrogens (tertiary/aromatic N) is 2. The van der Waals surface area contributed by atoms with Crippen molar-refractivity contribution in [2.24, 2.45) is 0 Å². The summed E-state index contributed by atoms with van der Waals surface area (Å²) in [5.74, 6) is 0.226. The van der Waals surface area contributed by atoms with E-state index in [-0.39, 0.29) is 17.3 Å². The summed E-state index contributed by atoms with van der Waals surface area (Å²) in [4.78, 5) is 28.2. The topological polar surface area (TPSA) is 96.0 Å². The van der Waals surface area contributed by atoms with Gasteiger partial charge in [0.1, 0.15) is 5.75 Å². The van der Waals surface area contributed by atoms with Gasteiger partial charge in [-0.3, -0.25) is 14.5 Å². The molecular formula is C17H23N3O5S. The van der Waals surface area contributed by atoms with Gasteiger partial charge in [-0.2, -0.15) is 0 Å². The van der Waals surface area contributed by atoms with Gasteiger partial charge in [0.2, 0.25) is 5.91 Å². The Bertz CT molecular complexity index is 766. The Balaban J connectivity index is 1.51. The van der Waals surface area contributed by atoms with E-state index < -0.39 is 15.1 Å². The number of hydrogen-bond donors (Lipinski definition) is 1. The standard InChI is InChI=1S/C17H23N3O5S/c1-25-14-4-6-15(7-5-14)26(23,24)17(22)18-12-16(21)20-10-8-19(9-11-20)13-2-3-13/h4-7,13H,2-3,8-12H2,1H3,(H,18,22). The van der Waals surface area contributed by atoms with E-state index in [1.165, 1.54) is 44.2 Å². The van der Waals surface area contributed by atoms with Crippen LogP contribution < -0.4 is 10.1 Å². The molecule has 8 nitrogen and oxygen atoms in total. The quantitative estimate of drug-likeness (QED) is 0.797. The number of methoxy groups -OCH3 is 1. The van der Waals surface area contributed by atoms with E-state index in [0.29, 0.717) is 24.9 Å². The molecule has 3 rings (SSSR count). The fourth-order valence-corrected chi connectivity index (χ4v) is 3.96. The molecule has 0 spiro atoms. The van der Waals surface area contributed by atoms with Crippen LogP contribution in [0.25, 0.3) is 0 Å². The molecule has 2 fully saturated rings. The molecule has 1 aliphatic heterocycles. The van der Waals surface area contributed by atoms with Gasteiger partial charge in [-0.25, -0.2) is 8.42 Å². The Morgan fingerprint density at radius 3 is 2.27 bits per heavy atom. The third-order valence-electron chi connectivity index (χ3n) is 4.73. The number of benzene rings is 1. The van der Waals surface area contributed by atoms with Crippen molar-refractivity contribution < 1.29 is 22.7 Å². The fraction of sp³-hybridized carbons (Fsp3) is 0.529. The van der Waals surface area contributed by atoms with Gasteiger partial charge in [0.05, 0.1) is 18.6 Å². The summed E-state index contributed by atoms with van der Waals surface area (Å²) < 4.78 is 29.5. The molecule has 9 heteroatoms. The van der Waals surface area contributed by atoms with Gasteiger partial charge in [0.25, 0.3) is 9.84 Å². The molecule has 1 heterocycles. The minimum atomic E-state index is -4.19. The summed E-state index contributed by atoms with van der Waals surface area (Å²) in [6.45, 7) is 2.55. The zero-order valence-corrected chi connectivity index (χ0v) is 15.5. The van der Waals surface area contributed by atoms with Crippen LogP contribution in [0, 0.1) is 0 Å². The van der Waals surface area contributed by atoms with E-state index in [1.54, 1.807) is 4.90 Å². The maximum Gasteiger partial charge on any atom is 0.341 e. The Hall–Kier alpha value is -2.13. The lowest BCUT2D eigenvalue weighted by Crippen LogP contribution is -2.51. The van der Waals surface area contributed by atoms with E-state index in [9.17, 15) is 18.0 Å². The van der Waals surface area contributed by atoms with Gasteiger partial charge in [0, 0.05) is 32.2 Å². The van der Waals surface area contributed by atoms with Crippen LogP contribution in [0.4, 0.5) is 4.79 Å². The van der Waals surface area contributed by atoms with E-state index in [4.69, 9.17) is 4.74 Å². The number of rotatable bonds is 5. The highest BCUT2D eigenvalue weighted by Crippen LogP contribution is 2.27. The molecule has 2 amide bonds. The molecule has 1 saturated heterocycles. The highest BCUT2D eigenvalue weighted by molar-refractivity contribution is 8.06. The normalized spacial score (nSPS) is 18.4. The lowest BCUT2D eigenvalue weighted by Gasteiger charge is -2.34. The van der Waals surface area contributed by atoms with Gasteiger partial charge in [-0.05, 0) is 37.1 Å². The third kappa shape index (κ3) is 4.16. The Morgan fingerprint density at radius 2 is 1.73 bits per heavy atom. The lowest BCUT2D eigenvalue weighted by molar-refractivity contribution is -0.131. The number of hydrogen-bond acceptors (Lipinski definition) is 6. The number of piperazine rings is 1. The summed E-state index contributed by atoms with van der Waals surface area (Å²) >= 11 is 0. The van der Waals surface area contributed by atoms with Crippen molar-refractivity contribution in [3.05, 3.63) is 24.3 Å². The van der Waals surface area contributed by atoms with Crippen LogP contribution in [0.3, 0.4) is 0 Å². The van der Waals surface area contributed by atoms with Gasteiger partial charge in [-0.1, -0.05) is 0 Å². The Labute approximate surface area is 153 Å². The number of ether oxygens (including phenoxy) is 1. The SMILES string of the molecule is COc1ccc(S(=O)(=O)C(=O)NCC(=O)N2CCN(C3CC3)CC2)cc1. The van der Waals surface area contributed by atoms with Gasteiger partial charge >= 0.3 is 5.24 Å². The van der Waals surface area contributed by atoms with E-state index in [0.717, 1.165) is 13.1 Å². The predicted molar refractivity (Wildman–Crippen MR) is 94.8 cm³/mol. The molecule has 2 aliphatic rings. The first-order valence-electron chi connectivity index (χ1n) is 8.60. The van der Waals surface area contributed by atoms with Crippen LogP contribution in [0.15, 0.2) is 29.2 Å². The van der Waals surface area contributed by atoms with Gasteiger partial charge < -0.3 is 15.0 Å². The first-order valence-corrected chi connectivity index (χ1v) is 10.1. The molecule has 142 valence electrons. The van der Waals surface area contributed by atoms with E-state index in [2.05, 4.69) is 10.2 Å². The highest BCUT2D eigenvalue weighted by atomic mass is 32.2. The van der Waals surface area contributed by atoms with Crippen molar-refractivity contribution in [3.63, 3.8) is 0 Å². The second kappa shape index (κ2) is 7.63. The molecule has 1 saturated carbocycles. The summed E-state index contributed by atoms with van der Waals surface area (Å²) in [7, 11) is -2.72. The Kier molecular flexibility index (Phi) is 5.47. The molecule has 1 aromatic rings. The minimum Gasteiger partial charge on any atom is -0.497 e. The van der Waals surface area contributed by atoms with Crippen molar-refractivity contribution in [2.45, 2.75) is 23.8 Å². The summed E-state index contributed by atoms with van der Waals surface area (Å²) in [5.41, 5.74) is 0. The largest absolute Gasteiger partial charge is 0.497 e. The van der Waals surface area contributed by atoms with Gasteiger partial charge in [0.15, 0.2) is 0 Å². The van der Waals surface area contributed by atoms with Crippen molar-refractivity contribution in [1.29, 1.82) is 0 Å². The molecule has 1 aromatic carbocycles. The first-order chi connectivity index (χ1) is 12.4. The molecule has 0 bridgehead atoms. The molecule has 26 heavy (non-hydrogen) atoms. The third-order valence-corrected chi connectivity index (χ3v) is 6.25. The monoisotopic (exact) mass is 381 g/mol. The van der Waals surface area contributed by atoms with Crippen LogP contribution >= 0.6 is 0 Å². The van der Waals surface area contributed by atoms with Crippen molar-refractivity contribution in [1.82, 2.24) is 15.1 Å². The second-order valence-electron chi connectivity index (χ2n) is 6.47. The number of nitrogens with one attached hydrogen (secondary N) is 1. The number of carbonyl (C=O) groups is 2. The van der Waals surface area contributed by atoms with Gasteiger partial charge in [-0.15, -0.1) is 0 Å². The molecule has 1 N–H and O–H groups in total. The smallest absolute Gasteiger partial charge is 0.341 e. The fourth-order valence-electron chi connectivity index (χ4n) is 2.99. The number of carbonyl (C=O) groups excluding carboxylic acids is 2. The van der Waals surface area contributed by atoms with E-state index in [1.807, 2.05) is 0 Å². The molecular weight excluding hydrogens is 358 g/mol. The minimum absolute atomic E-state index is 0.138.